The number of Topliss-reactive ketones (excluding diaryl/α,β-unsaturated/α-hetero) is 1. The smallest absolute Gasteiger partial charge is 0.239 e. The molecule has 2 aliphatic rings. The Morgan fingerprint density at radius 3 is 2.20 bits per heavy atom. The maximum atomic E-state index is 12.9. The Balaban J connectivity index is 2.27. The van der Waals surface area contributed by atoms with Gasteiger partial charge in [0.15, 0.2) is 5.78 Å². The molecular formula is C16H28N2O2. The first-order chi connectivity index (χ1) is 9.05. The molecule has 0 aromatic rings. The van der Waals surface area contributed by atoms with E-state index in [2.05, 4.69) is 20.8 Å². The molecule has 2 bridgehead atoms. The Labute approximate surface area is 122 Å². The van der Waals surface area contributed by atoms with Crippen LogP contribution in [0.15, 0.2) is 0 Å². The highest BCUT2D eigenvalue weighted by atomic mass is 16.2. The van der Waals surface area contributed by atoms with Gasteiger partial charge in [0, 0.05) is 19.5 Å². The average molecular weight is 280 g/mol. The molecule has 0 spiro atoms. The van der Waals surface area contributed by atoms with Crippen molar-refractivity contribution in [1.82, 2.24) is 9.80 Å². The van der Waals surface area contributed by atoms with Crippen LogP contribution in [0.4, 0.5) is 0 Å². The van der Waals surface area contributed by atoms with Crippen LogP contribution >= 0.6 is 0 Å². The molecule has 0 aromatic heterocycles. The summed E-state index contributed by atoms with van der Waals surface area (Å²) in [5, 5.41) is 0. The van der Waals surface area contributed by atoms with Crippen LogP contribution in [0.25, 0.3) is 0 Å². The van der Waals surface area contributed by atoms with E-state index in [0.29, 0.717) is 11.7 Å². The van der Waals surface area contributed by atoms with Gasteiger partial charge in [-0.1, -0.05) is 20.8 Å². The lowest BCUT2D eigenvalue weighted by atomic mass is 9.70. The third-order valence-corrected chi connectivity index (χ3v) is 6.35. The van der Waals surface area contributed by atoms with Crippen LogP contribution in [0.1, 0.15) is 40.5 Å². The Kier molecular flexibility index (Phi) is 3.52. The summed E-state index contributed by atoms with van der Waals surface area (Å²) in [7, 11) is 5.45. The SMILES string of the molecule is CC(C(=O)N(C)C)N(C)C1C(=O)C2(C)CCC1C2(C)C. The third kappa shape index (κ3) is 1.77. The van der Waals surface area contributed by atoms with Gasteiger partial charge in [-0.15, -0.1) is 0 Å². The minimum Gasteiger partial charge on any atom is -0.347 e. The Hall–Kier alpha value is -0.900. The summed E-state index contributed by atoms with van der Waals surface area (Å²) in [4.78, 5) is 28.6. The number of hydrogen-bond donors (Lipinski definition) is 0. The zero-order valence-electron chi connectivity index (χ0n) is 13.9. The van der Waals surface area contributed by atoms with Gasteiger partial charge in [-0.2, -0.15) is 0 Å². The molecule has 0 aromatic carbocycles. The number of carbonyl (C=O) groups is 2. The van der Waals surface area contributed by atoms with Gasteiger partial charge in [-0.05, 0) is 38.1 Å². The molecule has 0 saturated heterocycles. The fourth-order valence-corrected chi connectivity index (χ4v) is 4.30. The summed E-state index contributed by atoms with van der Waals surface area (Å²) in [6.45, 7) is 8.45. The van der Waals surface area contributed by atoms with Crippen LogP contribution in [0.2, 0.25) is 0 Å². The van der Waals surface area contributed by atoms with E-state index in [4.69, 9.17) is 0 Å². The summed E-state index contributed by atoms with van der Waals surface area (Å²) in [6, 6.07) is -0.361. The maximum Gasteiger partial charge on any atom is 0.239 e. The molecule has 114 valence electrons. The maximum absolute atomic E-state index is 12.9. The molecule has 4 nitrogen and oxygen atoms in total. The molecule has 0 N–H and O–H groups in total. The van der Waals surface area contributed by atoms with Crippen molar-refractivity contribution < 1.29 is 9.59 Å². The topological polar surface area (TPSA) is 40.6 Å². The Morgan fingerprint density at radius 2 is 1.80 bits per heavy atom. The van der Waals surface area contributed by atoms with Gasteiger partial charge < -0.3 is 4.90 Å². The molecule has 4 unspecified atom stereocenters. The number of amides is 1. The molecule has 2 fully saturated rings. The van der Waals surface area contributed by atoms with Crippen molar-refractivity contribution in [2.45, 2.75) is 52.6 Å². The lowest BCUT2D eigenvalue weighted by molar-refractivity contribution is -0.138. The van der Waals surface area contributed by atoms with E-state index in [-0.39, 0.29) is 28.8 Å². The molecule has 4 atom stereocenters. The van der Waals surface area contributed by atoms with Crippen molar-refractivity contribution in [3.8, 4) is 0 Å². The lowest BCUT2D eigenvalue weighted by Crippen LogP contribution is -2.52. The lowest BCUT2D eigenvalue weighted by Gasteiger charge is -2.36. The van der Waals surface area contributed by atoms with Crippen LogP contribution in [-0.2, 0) is 9.59 Å². The van der Waals surface area contributed by atoms with Gasteiger partial charge in [0.05, 0.1) is 12.1 Å². The second-order valence-corrected chi connectivity index (χ2v) is 7.58. The average Bonchev–Trinajstić information content (AvgIpc) is 2.68. The Morgan fingerprint density at radius 1 is 1.25 bits per heavy atom. The van der Waals surface area contributed by atoms with Crippen LogP contribution in [0.5, 0.6) is 0 Å². The summed E-state index contributed by atoms with van der Waals surface area (Å²) in [5.74, 6) is 0.758. The second kappa shape index (κ2) is 4.55. The summed E-state index contributed by atoms with van der Waals surface area (Å²) < 4.78 is 0. The fraction of sp³-hybridized carbons (Fsp3) is 0.875. The van der Waals surface area contributed by atoms with Gasteiger partial charge in [-0.3, -0.25) is 14.5 Å². The first-order valence-electron chi connectivity index (χ1n) is 7.53. The van der Waals surface area contributed by atoms with Gasteiger partial charge in [-0.25, -0.2) is 0 Å². The molecule has 4 heteroatoms. The highest BCUT2D eigenvalue weighted by molar-refractivity contribution is 5.95. The first-order valence-corrected chi connectivity index (χ1v) is 7.53. The van der Waals surface area contributed by atoms with E-state index in [1.165, 1.54) is 0 Å². The molecule has 2 aliphatic carbocycles. The summed E-state index contributed by atoms with van der Waals surface area (Å²) in [6.07, 6.45) is 2.08. The molecule has 2 rings (SSSR count). The molecule has 0 aliphatic heterocycles. The highest BCUT2D eigenvalue weighted by Crippen LogP contribution is 2.64. The van der Waals surface area contributed by atoms with Gasteiger partial charge >= 0.3 is 0 Å². The zero-order valence-corrected chi connectivity index (χ0v) is 13.9. The molecule has 20 heavy (non-hydrogen) atoms. The van der Waals surface area contributed by atoms with Crippen molar-refractivity contribution >= 4 is 11.7 Å². The van der Waals surface area contributed by atoms with Gasteiger partial charge in [0.25, 0.3) is 0 Å². The van der Waals surface area contributed by atoms with Crippen molar-refractivity contribution in [3.05, 3.63) is 0 Å². The predicted molar refractivity (Wildman–Crippen MR) is 79.3 cm³/mol. The van der Waals surface area contributed by atoms with Crippen molar-refractivity contribution in [1.29, 1.82) is 0 Å². The zero-order chi connectivity index (χ0) is 15.5. The molecular weight excluding hydrogens is 252 g/mol. The number of carbonyl (C=O) groups excluding carboxylic acids is 2. The highest BCUT2D eigenvalue weighted by Gasteiger charge is 2.67. The van der Waals surface area contributed by atoms with Crippen LogP contribution in [-0.4, -0.2) is 54.7 Å². The number of hydrogen-bond acceptors (Lipinski definition) is 3. The second-order valence-electron chi connectivity index (χ2n) is 7.58. The minimum atomic E-state index is -0.252. The van der Waals surface area contributed by atoms with Crippen molar-refractivity contribution in [2.24, 2.45) is 16.7 Å². The van der Waals surface area contributed by atoms with E-state index in [1.807, 2.05) is 18.9 Å². The van der Waals surface area contributed by atoms with Crippen molar-refractivity contribution in [2.75, 3.05) is 21.1 Å². The van der Waals surface area contributed by atoms with E-state index < -0.39 is 0 Å². The standard InChI is InChI=1S/C16H28N2O2/c1-10(14(20)17(5)6)18(7)12-11-8-9-16(4,13(12)19)15(11,2)3/h10-12H,8-9H2,1-7H3. The third-order valence-electron chi connectivity index (χ3n) is 6.35. The predicted octanol–water partition coefficient (Wildman–Crippen LogP) is 1.79. The van der Waals surface area contributed by atoms with E-state index >= 15 is 0 Å². The van der Waals surface area contributed by atoms with Gasteiger partial charge in [0.1, 0.15) is 0 Å². The fourth-order valence-electron chi connectivity index (χ4n) is 4.30. The molecule has 0 radical (unpaired) electrons. The van der Waals surface area contributed by atoms with E-state index in [0.717, 1.165) is 12.8 Å². The van der Waals surface area contributed by atoms with Crippen molar-refractivity contribution in [3.63, 3.8) is 0 Å². The monoisotopic (exact) mass is 280 g/mol. The summed E-state index contributed by atoms with van der Waals surface area (Å²) >= 11 is 0. The van der Waals surface area contributed by atoms with Crippen LogP contribution in [0, 0.1) is 16.7 Å². The normalized spacial score (nSPS) is 36.5. The molecule has 2 saturated carbocycles. The number of rotatable bonds is 3. The molecule has 1 amide bonds. The number of fused-ring (bicyclic) bond motifs is 2. The van der Waals surface area contributed by atoms with E-state index in [9.17, 15) is 9.59 Å². The quantitative estimate of drug-likeness (QED) is 0.791. The largest absolute Gasteiger partial charge is 0.347 e. The van der Waals surface area contributed by atoms with Gasteiger partial charge in [0.2, 0.25) is 5.91 Å². The van der Waals surface area contributed by atoms with Crippen LogP contribution < -0.4 is 0 Å². The number of likely N-dealkylation sites (N-methyl/N-ethyl adjacent to an activating group) is 2. The summed E-state index contributed by atoms with van der Waals surface area (Å²) in [5.41, 5.74) is -0.193. The minimum absolute atomic E-state index is 0.0316. The number of ketones is 1. The van der Waals surface area contributed by atoms with E-state index in [1.54, 1.807) is 19.0 Å². The first kappa shape index (κ1) is 15.5. The number of nitrogens with zero attached hydrogens (tertiary/aromatic N) is 2. The van der Waals surface area contributed by atoms with Crippen LogP contribution in [0.3, 0.4) is 0 Å². The molecule has 0 heterocycles. The Bertz CT molecular complexity index is 444.